The summed E-state index contributed by atoms with van der Waals surface area (Å²) in [6.45, 7) is 1.81. The van der Waals surface area contributed by atoms with Gasteiger partial charge in [-0.2, -0.15) is 10.1 Å². The number of carbonyl (C=O) groups excluding carboxylic acids is 1. The monoisotopic (exact) mass is 368 g/mol. The summed E-state index contributed by atoms with van der Waals surface area (Å²) in [5, 5.41) is 7.51. The van der Waals surface area contributed by atoms with Crippen LogP contribution in [-0.2, 0) is 4.79 Å². The predicted octanol–water partition coefficient (Wildman–Crippen LogP) is 3.55. The average molecular weight is 369 g/mol. The van der Waals surface area contributed by atoms with Gasteiger partial charge in [-0.15, -0.1) is 0 Å². The second-order valence-corrected chi connectivity index (χ2v) is 6.09. The first-order chi connectivity index (χ1) is 12.6. The predicted molar refractivity (Wildman–Crippen MR) is 101 cm³/mol. The van der Waals surface area contributed by atoms with Crippen LogP contribution in [0.5, 0.6) is 0 Å². The molecule has 0 aliphatic carbocycles. The zero-order chi connectivity index (χ0) is 18.5. The Hall–Kier alpha value is -2.99. The molecule has 132 valence electrons. The third-order valence-corrected chi connectivity index (χ3v) is 4.13. The Morgan fingerprint density at radius 3 is 2.46 bits per heavy atom. The van der Waals surface area contributed by atoms with Gasteiger partial charge in [0.05, 0.1) is 11.9 Å². The van der Waals surface area contributed by atoms with E-state index in [9.17, 15) is 9.59 Å². The number of benzene rings is 2. The van der Waals surface area contributed by atoms with E-state index >= 15 is 0 Å². The number of anilines is 1. The summed E-state index contributed by atoms with van der Waals surface area (Å²) in [6, 6.07) is 15.3. The van der Waals surface area contributed by atoms with Crippen LogP contribution >= 0.6 is 11.6 Å². The molecule has 6 nitrogen and oxygen atoms in total. The quantitative estimate of drug-likeness (QED) is 0.747. The van der Waals surface area contributed by atoms with Crippen molar-refractivity contribution < 1.29 is 4.79 Å². The minimum atomic E-state index is -0.754. The molecule has 0 spiro atoms. The molecule has 2 aromatic carbocycles. The van der Waals surface area contributed by atoms with Crippen LogP contribution in [0.2, 0.25) is 5.02 Å². The molecule has 1 N–H and O–H groups in total. The van der Waals surface area contributed by atoms with Crippen molar-refractivity contribution in [3.8, 4) is 11.3 Å². The Morgan fingerprint density at radius 1 is 1.15 bits per heavy atom. The van der Waals surface area contributed by atoms with Gasteiger partial charge in [0, 0.05) is 16.3 Å². The van der Waals surface area contributed by atoms with E-state index in [4.69, 9.17) is 11.6 Å². The van der Waals surface area contributed by atoms with Gasteiger partial charge in [0.25, 0.3) is 0 Å². The highest BCUT2D eigenvalue weighted by molar-refractivity contribution is 6.30. The fourth-order valence-electron chi connectivity index (χ4n) is 2.54. The summed E-state index contributed by atoms with van der Waals surface area (Å²) in [4.78, 5) is 29.0. The van der Waals surface area contributed by atoms with Gasteiger partial charge in [-0.05, 0) is 30.7 Å². The molecule has 0 aliphatic heterocycles. The van der Waals surface area contributed by atoms with Crippen LogP contribution in [0.15, 0.2) is 65.6 Å². The third-order valence-electron chi connectivity index (χ3n) is 3.88. The van der Waals surface area contributed by atoms with E-state index in [-0.39, 0.29) is 5.91 Å². The van der Waals surface area contributed by atoms with Crippen LogP contribution in [-0.4, -0.2) is 20.7 Å². The highest BCUT2D eigenvalue weighted by atomic mass is 35.5. The highest BCUT2D eigenvalue weighted by Crippen LogP contribution is 2.17. The molecule has 26 heavy (non-hydrogen) atoms. The lowest BCUT2D eigenvalue weighted by Gasteiger charge is -2.16. The zero-order valence-corrected chi connectivity index (χ0v) is 14.8. The Morgan fingerprint density at radius 2 is 1.85 bits per heavy atom. The molecule has 1 heterocycles. The fraction of sp³-hybridized carbons (Fsp3) is 0.158. The zero-order valence-electron chi connectivity index (χ0n) is 14.1. The van der Waals surface area contributed by atoms with Crippen molar-refractivity contribution in [2.75, 3.05) is 5.32 Å². The summed E-state index contributed by atoms with van der Waals surface area (Å²) >= 11 is 5.84. The molecule has 0 fully saturated rings. The molecular formula is C19H17ClN4O2. The van der Waals surface area contributed by atoms with Crippen LogP contribution in [0, 0.1) is 0 Å². The van der Waals surface area contributed by atoms with E-state index in [0.717, 1.165) is 10.2 Å². The lowest BCUT2D eigenvalue weighted by molar-refractivity contribution is -0.119. The maximum absolute atomic E-state index is 12.6. The minimum absolute atomic E-state index is 0.335. The number of aromatic nitrogens is 3. The molecule has 3 aromatic rings. The van der Waals surface area contributed by atoms with E-state index in [1.54, 1.807) is 24.3 Å². The Bertz CT molecular complexity index is 955. The molecule has 0 unspecified atom stereocenters. The van der Waals surface area contributed by atoms with Gasteiger partial charge in [-0.1, -0.05) is 48.9 Å². The maximum Gasteiger partial charge on any atom is 0.365 e. The number of halogens is 1. The Balaban J connectivity index is 1.84. The van der Waals surface area contributed by atoms with Crippen molar-refractivity contribution in [1.82, 2.24) is 14.8 Å². The minimum Gasteiger partial charge on any atom is -0.324 e. The first-order valence-corrected chi connectivity index (χ1v) is 8.54. The van der Waals surface area contributed by atoms with Crippen LogP contribution in [0.1, 0.15) is 19.4 Å². The van der Waals surface area contributed by atoms with E-state index in [2.05, 4.69) is 15.4 Å². The molecule has 0 saturated carbocycles. The van der Waals surface area contributed by atoms with Gasteiger partial charge in [0.15, 0.2) is 0 Å². The summed E-state index contributed by atoms with van der Waals surface area (Å²) in [5.74, 6) is -0.335. The molecule has 1 atom stereocenters. The Kier molecular flexibility index (Phi) is 5.43. The lowest BCUT2D eigenvalue weighted by atomic mass is 10.2. The van der Waals surface area contributed by atoms with Crippen molar-refractivity contribution in [3.63, 3.8) is 0 Å². The average Bonchev–Trinajstić information content (AvgIpc) is 2.66. The molecule has 1 amide bonds. The van der Waals surface area contributed by atoms with E-state index in [1.807, 2.05) is 37.3 Å². The normalized spacial score (nSPS) is 11.8. The van der Waals surface area contributed by atoms with Gasteiger partial charge >= 0.3 is 5.69 Å². The van der Waals surface area contributed by atoms with Crippen molar-refractivity contribution in [1.29, 1.82) is 0 Å². The highest BCUT2D eigenvalue weighted by Gasteiger charge is 2.21. The van der Waals surface area contributed by atoms with E-state index < -0.39 is 11.7 Å². The topological polar surface area (TPSA) is 76.9 Å². The fourth-order valence-corrected chi connectivity index (χ4v) is 2.67. The van der Waals surface area contributed by atoms with Gasteiger partial charge in [0.1, 0.15) is 6.04 Å². The molecule has 0 aliphatic rings. The number of amides is 1. The van der Waals surface area contributed by atoms with E-state index in [0.29, 0.717) is 22.8 Å². The summed E-state index contributed by atoms with van der Waals surface area (Å²) < 4.78 is 1.11. The number of hydrogen-bond acceptors (Lipinski definition) is 4. The van der Waals surface area contributed by atoms with Gasteiger partial charge < -0.3 is 5.32 Å². The van der Waals surface area contributed by atoms with Crippen LogP contribution in [0.3, 0.4) is 0 Å². The third kappa shape index (κ3) is 3.97. The first-order valence-electron chi connectivity index (χ1n) is 8.16. The van der Waals surface area contributed by atoms with Gasteiger partial charge in [0.2, 0.25) is 5.91 Å². The molecule has 0 bridgehead atoms. The number of hydrogen-bond donors (Lipinski definition) is 1. The number of carbonyl (C=O) groups is 1. The van der Waals surface area contributed by atoms with Crippen molar-refractivity contribution >= 4 is 23.2 Å². The summed E-state index contributed by atoms with van der Waals surface area (Å²) in [5.41, 5.74) is 1.30. The SMILES string of the molecule is CC[C@H](C(=O)Nc1ccc(Cl)cc1)n1ncc(-c2ccccc2)nc1=O. The molecule has 3 rings (SSSR count). The number of rotatable bonds is 5. The summed E-state index contributed by atoms with van der Waals surface area (Å²) in [6.07, 6.45) is 1.90. The van der Waals surface area contributed by atoms with Gasteiger partial charge in [-0.3, -0.25) is 4.79 Å². The van der Waals surface area contributed by atoms with E-state index in [1.165, 1.54) is 6.20 Å². The standard InChI is InChI=1S/C19H17ClN4O2/c1-2-17(18(25)22-15-10-8-14(20)9-11-15)24-19(26)23-16(12-21-24)13-6-4-3-5-7-13/h3-12,17H,2H2,1H3,(H,22,25)/t17-/m1/s1. The molecular weight excluding hydrogens is 352 g/mol. The second kappa shape index (κ2) is 7.93. The van der Waals surface area contributed by atoms with Crippen LogP contribution in [0.4, 0.5) is 5.69 Å². The van der Waals surface area contributed by atoms with Crippen LogP contribution in [0.25, 0.3) is 11.3 Å². The lowest BCUT2D eigenvalue weighted by Crippen LogP contribution is -2.36. The maximum atomic E-state index is 12.6. The smallest absolute Gasteiger partial charge is 0.324 e. The molecule has 7 heteroatoms. The molecule has 1 aromatic heterocycles. The van der Waals surface area contributed by atoms with Crippen molar-refractivity contribution in [3.05, 3.63) is 76.3 Å². The molecule has 0 saturated heterocycles. The van der Waals surface area contributed by atoms with Crippen molar-refractivity contribution in [2.24, 2.45) is 0 Å². The van der Waals surface area contributed by atoms with Crippen LogP contribution < -0.4 is 11.0 Å². The largest absolute Gasteiger partial charge is 0.365 e. The summed E-state index contributed by atoms with van der Waals surface area (Å²) in [7, 11) is 0. The Labute approximate surface area is 155 Å². The second-order valence-electron chi connectivity index (χ2n) is 5.65. The van der Waals surface area contributed by atoms with Gasteiger partial charge in [-0.25, -0.2) is 9.48 Å². The number of nitrogens with zero attached hydrogens (tertiary/aromatic N) is 3. The first kappa shape index (κ1) is 17.8. The van der Waals surface area contributed by atoms with Crippen molar-refractivity contribution in [2.45, 2.75) is 19.4 Å². The molecule has 0 radical (unpaired) electrons. The number of nitrogens with one attached hydrogen (secondary N) is 1.